The molecule has 1 aromatic rings. The van der Waals surface area contributed by atoms with E-state index >= 15 is 0 Å². The summed E-state index contributed by atoms with van der Waals surface area (Å²) in [5.74, 6) is 0.540. The first-order chi connectivity index (χ1) is 11.5. The fourth-order valence-corrected chi connectivity index (χ4v) is 5.00. The van der Waals surface area contributed by atoms with Crippen molar-refractivity contribution in [2.45, 2.75) is 52.7 Å². The Kier molecular flexibility index (Phi) is 5.93. The van der Waals surface area contributed by atoms with E-state index in [2.05, 4.69) is 5.10 Å². The van der Waals surface area contributed by atoms with Gasteiger partial charge in [-0.25, -0.2) is 8.42 Å². The molecule has 2 rings (SSSR count). The van der Waals surface area contributed by atoms with E-state index in [1.807, 2.05) is 46.5 Å². The van der Waals surface area contributed by atoms with Gasteiger partial charge in [-0.2, -0.15) is 5.10 Å². The first-order valence-corrected chi connectivity index (χ1v) is 10.7. The van der Waals surface area contributed by atoms with Crippen LogP contribution in [-0.2, 0) is 21.2 Å². The maximum Gasteiger partial charge on any atom is 0.277 e. The Morgan fingerprint density at radius 3 is 2.56 bits per heavy atom. The van der Waals surface area contributed by atoms with Crippen LogP contribution in [0.3, 0.4) is 0 Å². The molecule has 1 fully saturated rings. The lowest BCUT2D eigenvalue weighted by Gasteiger charge is -2.23. The van der Waals surface area contributed by atoms with Crippen LogP contribution < -0.4 is 4.90 Å². The Labute approximate surface area is 150 Å². The minimum atomic E-state index is -2.94. The minimum Gasteiger partial charge on any atom is -0.338 e. The quantitative estimate of drug-likeness (QED) is 0.748. The van der Waals surface area contributed by atoms with E-state index in [1.54, 1.807) is 4.90 Å². The largest absolute Gasteiger partial charge is 0.338 e. The van der Waals surface area contributed by atoms with Crippen LogP contribution in [0.1, 0.15) is 43.3 Å². The van der Waals surface area contributed by atoms with Crippen LogP contribution in [0, 0.1) is 13.8 Å². The van der Waals surface area contributed by atoms with E-state index in [9.17, 15) is 13.2 Å². The van der Waals surface area contributed by atoms with Crippen LogP contribution in [0.15, 0.2) is 0 Å². The number of hydrogen-bond acceptors (Lipinski definition) is 4. The summed E-state index contributed by atoms with van der Waals surface area (Å²) in [7, 11) is 0.894. The number of aromatic nitrogens is 2. The maximum absolute atomic E-state index is 12.3. The number of carbonyl (C=O) groups excluding carboxylic acids is 1. The number of nitrogens with zero attached hydrogens (tertiary/aromatic N) is 3. The number of likely N-dealkylation sites (N-methyl/N-ethyl adjacent to an activating group) is 2. The molecule has 8 heteroatoms. The Morgan fingerprint density at radius 1 is 1.40 bits per heavy atom. The minimum absolute atomic E-state index is 0.0635. The molecule has 1 N–H and O–H groups in total. The summed E-state index contributed by atoms with van der Waals surface area (Å²) in [5.41, 5.74) is 3.05. The van der Waals surface area contributed by atoms with Gasteiger partial charge in [-0.1, -0.05) is 0 Å². The zero-order valence-corrected chi connectivity index (χ0v) is 17.0. The Morgan fingerprint density at radius 2 is 2.04 bits per heavy atom. The highest BCUT2D eigenvalue weighted by Gasteiger charge is 2.32. The third-order valence-corrected chi connectivity index (χ3v) is 6.88. The van der Waals surface area contributed by atoms with Crippen LogP contribution in [0.25, 0.3) is 0 Å². The number of carbonyl (C=O) groups is 1. The van der Waals surface area contributed by atoms with Gasteiger partial charge in [-0.3, -0.25) is 9.48 Å². The van der Waals surface area contributed by atoms with E-state index in [0.717, 1.165) is 21.9 Å². The monoisotopic (exact) mass is 371 g/mol. The number of aryl methyl sites for hydroxylation is 1. The van der Waals surface area contributed by atoms with Gasteiger partial charge < -0.3 is 9.80 Å². The Hall–Kier alpha value is -1.41. The van der Waals surface area contributed by atoms with Gasteiger partial charge in [0.1, 0.15) is 6.54 Å². The first-order valence-electron chi connectivity index (χ1n) is 8.83. The van der Waals surface area contributed by atoms with Crippen molar-refractivity contribution in [1.29, 1.82) is 0 Å². The highest BCUT2D eigenvalue weighted by molar-refractivity contribution is 7.91. The smallest absolute Gasteiger partial charge is 0.277 e. The fourth-order valence-electron chi connectivity index (χ4n) is 3.31. The average molecular weight is 372 g/mol. The summed E-state index contributed by atoms with van der Waals surface area (Å²) in [6.07, 6.45) is 0.629. The number of rotatable bonds is 6. The molecule has 7 nitrogen and oxygen atoms in total. The van der Waals surface area contributed by atoms with Gasteiger partial charge in [0.15, 0.2) is 16.4 Å². The molecule has 142 valence electrons. The SMILES string of the molecule is Cc1nn([C@@H]2CCS(=O)(=O)C2)c(C)c1C[NH+](C)CC(=O)N(C)C(C)C. The maximum atomic E-state index is 12.3. The van der Waals surface area contributed by atoms with Crippen molar-refractivity contribution in [1.82, 2.24) is 14.7 Å². The van der Waals surface area contributed by atoms with E-state index < -0.39 is 9.84 Å². The summed E-state index contributed by atoms with van der Waals surface area (Å²) < 4.78 is 25.4. The zero-order chi connectivity index (χ0) is 18.9. The van der Waals surface area contributed by atoms with E-state index in [1.165, 1.54) is 0 Å². The molecule has 0 bridgehead atoms. The van der Waals surface area contributed by atoms with Gasteiger partial charge in [-0.15, -0.1) is 0 Å². The summed E-state index contributed by atoms with van der Waals surface area (Å²) in [4.78, 5) is 15.1. The second-order valence-corrected chi connectivity index (χ2v) is 9.79. The average Bonchev–Trinajstić information content (AvgIpc) is 2.99. The Balaban J connectivity index is 2.09. The molecule has 1 saturated heterocycles. The van der Waals surface area contributed by atoms with Gasteiger partial charge in [0.2, 0.25) is 0 Å². The van der Waals surface area contributed by atoms with Crippen molar-refractivity contribution in [3.8, 4) is 0 Å². The number of quaternary nitrogens is 1. The molecule has 2 atom stereocenters. The number of amides is 1. The van der Waals surface area contributed by atoms with Crippen LogP contribution in [0.4, 0.5) is 0 Å². The molecule has 0 aliphatic carbocycles. The topological polar surface area (TPSA) is 76.7 Å². The molecule has 0 radical (unpaired) electrons. The van der Waals surface area contributed by atoms with E-state index in [-0.39, 0.29) is 29.5 Å². The van der Waals surface area contributed by atoms with Gasteiger partial charge in [0.25, 0.3) is 5.91 Å². The lowest BCUT2D eigenvalue weighted by molar-refractivity contribution is -0.885. The molecule has 0 saturated carbocycles. The van der Waals surface area contributed by atoms with Gasteiger partial charge in [0.05, 0.1) is 35.9 Å². The lowest BCUT2D eigenvalue weighted by Crippen LogP contribution is -3.09. The van der Waals surface area contributed by atoms with Gasteiger partial charge >= 0.3 is 0 Å². The van der Waals surface area contributed by atoms with Crippen molar-refractivity contribution in [3.05, 3.63) is 17.0 Å². The fraction of sp³-hybridized carbons (Fsp3) is 0.765. The third-order valence-electron chi connectivity index (χ3n) is 5.13. The van der Waals surface area contributed by atoms with Gasteiger partial charge in [-0.05, 0) is 34.1 Å². The van der Waals surface area contributed by atoms with Crippen molar-refractivity contribution < 1.29 is 18.1 Å². The third kappa shape index (κ3) is 4.61. The second kappa shape index (κ2) is 7.45. The van der Waals surface area contributed by atoms with Crippen molar-refractivity contribution in [2.24, 2.45) is 0 Å². The molecule has 0 aromatic carbocycles. The molecule has 25 heavy (non-hydrogen) atoms. The van der Waals surface area contributed by atoms with Crippen LogP contribution in [0.2, 0.25) is 0 Å². The molecule has 2 heterocycles. The molecule has 0 spiro atoms. The van der Waals surface area contributed by atoms with Crippen molar-refractivity contribution in [3.63, 3.8) is 0 Å². The van der Waals surface area contributed by atoms with E-state index in [0.29, 0.717) is 19.5 Å². The van der Waals surface area contributed by atoms with E-state index in [4.69, 9.17) is 0 Å². The Bertz CT molecular complexity index is 739. The molecule has 1 aromatic heterocycles. The van der Waals surface area contributed by atoms with Crippen LogP contribution in [-0.4, -0.2) is 67.2 Å². The highest BCUT2D eigenvalue weighted by atomic mass is 32.2. The first kappa shape index (κ1) is 19.9. The van der Waals surface area contributed by atoms with Gasteiger partial charge in [0, 0.05) is 18.8 Å². The van der Waals surface area contributed by atoms with Crippen molar-refractivity contribution in [2.75, 3.05) is 32.1 Å². The lowest BCUT2D eigenvalue weighted by atomic mass is 10.1. The highest BCUT2D eigenvalue weighted by Crippen LogP contribution is 2.26. The summed E-state index contributed by atoms with van der Waals surface area (Å²) in [6, 6.07) is 0.127. The van der Waals surface area contributed by atoms with Crippen LogP contribution >= 0.6 is 0 Å². The summed E-state index contributed by atoms with van der Waals surface area (Å²) in [6.45, 7) is 9.08. The predicted molar refractivity (Wildman–Crippen MR) is 97.4 cm³/mol. The predicted octanol–water partition coefficient (Wildman–Crippen LogP) is -0.259. The van der Waals surface area contributed by atoms with Crippen molar-refractivity contribution >= 4 is 15.7 Å². The zero-order valence-electron chi connectivity index (χ0n) is 16.2. The summed E-state index contributed by atoms with van der Waals surface area (Å²) in [5, 5.41) is 4.60. The standard InChI is InChI=1S/C17H30N4O3S/c1-12(2)20(6)17(22)10-19(5)9-16-13(3)18-21(14(16)4)15-7-8-25(23,24)11-15/h12,15H,7-11H2,1-6H3/p+1/t15-/m1/s1. The number of sulfone groups is 1. The molecule has 1 aliphatic rings. The molecule has 1 aliphatic heterocycles. The number of hydrogen-bond donors (Lipinski definition) is 1. The number of nitrogens with one attached hydrogen (secondary N) is 1. The molecular formula is C17H31N4O3S+. The molecule has 1 unspecified atom stereocenters. The summed E-state index contributed by atoms with van der Waals surface area (Å²) >= 11 is 0. The second-order valence-electron chi connectivity index (χ2n) is 7.56. The molecule has 1 amide bonds. The molecular weight excluding hydrogens is 340 g/mol. The van der Waals surface area contributed by atoms with Crippen LogP contribution in [0.5, 0.6) is 0 Å². The normalized spacial score (nSPS) is 20.8.